The molecule has 4 heteroatoms. The topological polar surface area (TPSA) is 55.6 Å². The van der Waals surface area contributed by atoms with Gasteiger partial charge in [0.25, 0.3) is 0 Å². The van der Waals surface area contributed by atoms with Crippen molar-refractivity contribution >= 4 is 11.6 Å². The lowest BCUT2D eigenvalue weighted by Crippen LogP contribution is -2.51. The second-order valence-electron chi connectivity index (χ2n) is 5.36. The normalized spacial score (nSPS) is 16.6. The molecule has 2 N–H and O–H groups in total. The number of anilines is 1. The van der Waals surface area contributed by atoms with Gasteiger partial charge in [0.2, 0.25) is 5.91 Å². The summed E-state index contributed by atoms with van der Waals surface area (Å²) in [7, 11) is 3.47. The fraction of sp³-hybridized carbons (Fsp3) is 0.533. The molecule has 1 amide bonds. The number of rotatable bonds is 4. The van der Waals surface area contributed by atoms with E-state index in [1.165, 1.54) is 0 Å². The summed E-state index contributed by atoms with van der Waals surface area (Å²) in [6, 6.07) is 5.77. The zero-order valence-corrected chi connectivity index (χ0v) is 11.9. The van der Waals surface area contributed by atoms with Crippen LogP contribution in [0.4, 0.5) is 5.69 Å². The molecule has 0 unspecified atom stereocenters. The van der Waals surface area contributed by atoms with Gasteiger partial charge in [-0.1, -0.05) is 6.42 Å². The molecule has 0 aromatic heterocycles. The summed E-state index contributed by atoms with van der Waals surface area (Å²) in [4.78, 5) is 14.3. The standard InChI is InChI=1S/C15H22N2O2/c1-11-9-12(5-6-13(11)19-3)17(2)14(18)15(10-16)7-4-8-15/h5-6,9H,4,7-8,10,16H2,1-3H3. The lowest BCUT2D eigenvalue weighted by Gasteiger charge is -2.41. The molecule has 0 spiro atoms. The van der Waals surface area contributed by atoms with Crippen LogP contribution in [0.15, 0.2) is 18.2 Å². The number of methoxy groups -OCH3 is 1. The molecule has 0 bridgehead atoms. The molecule has 1 fully saturated rings. The number of carbonyl (C=O) groups excluding carboxylic acids is 1. The predicted molar refractivity (Wildman–Crippen MR) is 76.5 cm³/mol. The zero-order valence-electron chi connectivity index (χ0n) is 11.9. The first-order chi connectivity index (χ1) is 9.04. The maximum Gasteiger partial charge on any atom is 0.234 e. The van der Waals surface area contributed by atoms with Gasteiger partial charge in [0.1, 0.15) is 5.75 Å². The molecule has 1 aromatic carbocycles. The van der Waals surface area contributed by atoms with Crippen molar-refractivity contribution in [2.45, 2.75) is 26.2 Å². The Kier molecular flexibility index (Phi) is 3.80. The third-order valence-electron chi connectivity index (χ3n) is 4.23. The quantitative estimate of drug-likeness (QED) is 0.904. The van der Waals surface area contributed by atoms with E-state index in [4.69, 9.17) is 10.5 Å². The van der Waals surface area contributed by atoms with Crippen molar-refractivity contribution in [3.63, 3.8) is 0 Å². The first kappa shape index (κ1) is 13.9. The van der Waals surface area contributed by atoms with Crippen molar-refractivity contribution < 1.29 is 9.53 Å². The maximum absolute atomic E-state index is 12.6. The molecule has 0 atom stereocenters. The number of ether oxygens (including phenoxy) is 1. The van der Waals surface area contributed by atoms with Crippen LogP contribution in [0.3, 0.4) is 0 Å². The molecule has 1 aromatic rings. The Bertz CT molecular complexity index is 476. The molecule has 104 valence electrons. The average Bonchev–Trinajstić information content (AvgIpc) is 2.37. The van der Waals surface area contributed by atoms with Crippen LogP contribution in [0.2, 0.25) is 0 Å². The van der Waals surface area contributed by atoms with Crippen molar-refractivity contribution in [1.82, 2.24) is 0 Å². The van der Waals surface area contributed by atoms with Crippen LogP contribution >= 0.6 is 0 Å². The van der Waals surface area contributed by atoms with Crippen LogP contribution in [0.5, 0.6) is 5.75 Å². The van der Waals surface area contributed by atoms with Gasteiger partial charge in [0, 0.05) is 19.3 Å². The first-order valence-electron chi connectivity index (χ1n) is 6.67. The van der Waals surface area contributed by atoms with Gasteiger partial charge < -0.3 is 15.4 Å². The highest BCUT2D eigenvalue weighted by atomic mass is 16.5. The van der Waals surface area contributed by atoms with Gasteiger partial charge in [-0.25, -0.2) is 0 Å². The van der Waals surface area contributed by atoms with Crippen LogP contribution < -0.4 is 15.4 Å². The van der Waals surface area contributed by atoms with Crippen molar-refractivity contribution in [3.8, 4) is 5.75 Å². The largest absolute Gasteiger partial charge is 0.496 e. The number of aryl methyl sites for hydroxylation is 1. The maximum atomic E-state index is 12.6. The van der Waals surface area contributed by atoms with E-state index in [1.54, 1.807) is 12.0 Å². The van der Waals surface area contributed by atoms with Gasteiger partial charge in [-0.2, -0.15) is 0 Å². The molecule has 1 aliphatic rings. The Morgan fingerprint density at radius 2 is 2.16 bits per heavy atom. The Morgan fingerprint density at radius 1 is 1.47 bits per heavy atom. The van der Waals surface area contributed by atoms with E-state index in [1.807, 2.05) is 32.2 Å². The van der Waals surface area contributed by atoms with E-state index in [2.05, 4.69) is 0 Å². The fourth-order valence-corrected chi connectivity index (χ4v) is 2.65. The minimum absolute atomic E-state index is 0.130. The van der Waals surface area contributed by atoms with E-state index < -0.39 is 0 Å². The molecule has 4 nitrogen and oxygen atoms in total. The second-order valence-corrected chi connectivity index (χ2v) is 5.36. The zero-order chi connectivity index (χ0) is 14.0. The van der Waals surface area contributed by atoms with Gasteiger partial charge in [-0.15, -0.1) is 0 Å². The van der Waals surface area contributed by atoms with Crippen LogP contribution in [0.1, 0.15) is 24.8 Å². The lowest BCUT2D eigenvalue weighted by atomic mass is 9.68. The Morgan fingerprint density at radius 3 is 2.58 bits per heavy atom. The van der Waals surface area contributed by atoms with E-state index in [0.29, 0.717) is 6.54 Å². The van der Waals surface area contributed by atoms with E-state index in [9.17, 15) is 4.79 Å². The number of amides is 1. The smallest absolute Gasteiger partial charge is 0.234 e. The Hall–Kier alpha value is -1.55. The molecule has 0 saturated heterocycles. The number of nitrogens with zero attached hydrogens (tertiary/aromatic N) is 1. The highest BCUT2D eigenvalue weighted by Crippen LogP contribution is 2.42. The SMILES string of the molecule is COc1ccc(N(C)C(=O)C2(CN)CCC2)cc1C. The van der Waals surface area contributed by atoms with Crippen LogP contribution in [-0.2, 0) is 4.79 Å². The number of benzene rings is 1. The molecule has 19 heavy (non-hydrogen) atoms. The van der Waals surface area contributed by atoms with Gasteiger partial charge in [0.05, 0.1) is 12.5 Å². The van der Waals surface area contributed by atoms with Gasteiger partial charge in [-0.3, -0.25) is 4.79 Å². The van der Waals surface area contributed by atoms with Crippen molar-refractivity contribution in [1.29, 1.82) is 0 Å². The number of nitrogens with two attached hydrogens (primary N) is 1. The average molecular weight is 262 g/mol. The third kappa shape index (κ3) is 2.32. The Balaban J connectivity index is 2.22. The summed E-state index contributed by atoms with van der Waals surface area (Å²) < 4.78 is 5.24. The molecule has 1 saturated carbocycles. The lowest BCUT2D eigenvalue weighted by molar-refractivity contribution is -0.131. The number of carbonyl (C=O) groups is 1. The van der Waals surface area contributed by atoms with Crippen molar-refractivity contribution in [2.75, 3.05) is 25.6 Å². The van der Waals surface area contributed by atoms with Gasteiger partial charge in [-0.05, 0) is 43.5 Å². The molecule has 0 aliphatic heterocycles. The monoisotopic (exact) mass is 262 g/mol. The van der Waals surface area contributed by atoms with Gasteiger partial charge in [0.15, 0.2) is 0 Å². The summed E-state index contributed by atoms with van der Waals surface area (Å²) in [6.45, 7) is 2.41. The summed E-state index contributed by atoms with van der Waals surface area (Å²) >= 11 is 0. The fourth-order valence-electron chi connectivity index (χ4n) is 2.65. The van der Waals surface area contributed by atoms with Crippen LogP contribution in [0, 0.1) is 12.3 Å². The van der Waals surface area contributed by atoms with Crippen LogP contribution in [0.25, 0.3) is 0 Å². The first-order valence-corrected chi connectivity index (χ1v) is 6.67. The van der Waals surface area contributed by atoms with Crippen LogP contribution in [-0.4, -0.2) is 26.6 Å². The van der Waals surface area contributed by atoms with Gasteiger partial charge >= 0.3 is 0 Å². The summed E-state index contributed by atoms with van der Waals surface area (Å²) in [6.07, 6.45) is 2.90. The molecule has 2 rings (SSSR count). The summed E-state index contributed by atoms with van der Waals surface area (Å²) in [5, 5.41) is 0. The minimum atomic E-state index is -0.331. The van der Waals surface area contributed by atoms with E-state index >= 15 is 0 Å². The molecular weight excluding hydrogens is 240 g/mol. The minimum Gasteiger partial charge on any atom is -0.496 e. The highest BCUT2D eigenvalue weighted by molar-refractivity contribution is 5.98. The highest BCUT2D eigenvalue weighted by Gasteiger charge is 2.44. The number of hydrogen-bond donors (Lipinski definition) is 1. The number of hydrogen-bond acceptors (Lipinski definition) is 3. The Labute approximate surface area is 114 Å². The van der Waals surface area contributed by atoms with Crippen molar-refractivity contribution in [3.05, 3.63) is 23.8 Å². The molecule has 1 aliphatic carbocycles. The predicted octanol–water partition coefficient (Wildman–Crippen LogP) is 2.10. The molecular formula is C15H22N2O2. The van der Waals surface area contributed by atoms with E-state index in [0.717, 1.165) is 36.3 Å². The van der Waals surface area contributed by atoms with Crippen molar-refractivity contribution in [2.24, 2.45) is 11.1 Å². The second kappa shape index (κ2) is 5.21. The summed E-state index contributed by atoms with van der Waals surface area (Å²) in [5.74, 6) is 0.965. The summed E-state index contributed by atoms with van der Waals surface area (Å²) in [5.41, 5.74) is 7.38. The van der Waals surface area contributed by atoms with E-state index in [-0.39, 0.29) is 11.3 Å². The molecule has 0 radical (unpaired) electrons. The third-order valence-corrected chi connectivity index (χ3v) is 4.23. The molecule has 0 heterocycles.